The van der Waals surface area contributed by atoms with Crippen LogP contribution >= 0.6 is 0 Å². The quantitative estimate of drug-likeness (QED) is 0.813. The van der Waals surface area contributed by atoms with Crippen LogP contribution in [0.5, 0.6) is 0 Å². The molecule has 7 heteroatoms. The number of piperidine rings is 1. The smallest absolute Gasteiger partial charge is 0.317 e. The number of benzene rings is 1. The lowest BCUT2D eigenvalue weighted by atomic mass is 9.94. The van der Waals surface area contributed by atoms with Crippen molar-refractivity contribution in [2.75, 3.05) is 39.3 Å². The van der Waals surface area contributed by atoms with Crippen molar-refractivity contribution < 1.29 is 9.53 Å². The fourth-order valence-corrected chi connectivity index (χ4v) is 4.28. The van der Waals surface area contributed by atoms with Gasteiger partial charge in [-0.2, -0.15) is 5.10 Å². The molecule has 2 fully saturated rings. The molecule has 2 aliphatic heterocycles. The Bertz CT molecular complexity index is 744. The second-order valence-corrected chi connectivity index (χ2v) is 8.03. The Kier molecular flexibility index (Phi) is 6.79. The molecule has 0 unspecified atom stereocenters. The molecule has 1 aromatic carbocycles. The lowest BCUT2D eigenvalue weighted by Crippen LogP contribution is -2.47. The third kappa shape index (κ3) is 5.58. The van der Waals surface area contributed by atoms with Gasteiger partial charge in [-0.15, -0.1) is 0 Å². The van der Waals surface area contributed by atoms with Crippen LogP contribution in [0.3, 0.4) is 0 Å². The van der Waals surface area contributed by atoms with Crippen LogP contribution in [0, 0.1) is 0 Å². The standard InChI is InChI=1S/C22H31N5O2/c28-22(27-12-8-19(9-13-27)21-7-10-24-25-21)23-15-20-17-26(11-4-14-29-20)16-18-5-2-1-3-6-18/h1-3,5-7,10,19-20H,4,8-9,11-17H2,(H,23,28)(H,24,25)/t20-/m0/s1. The van der Waals surface area contributed by atoms with Gasteiger partial charge in [-0.25, -0.2) is 4.79 Å². The zero-order valence-electron chi connectivity index (χ0n) is 16.9. The molecule has 29 heavy (non-hydrogen) atoms. The van der Waals surface area contributed by atoms with E-state index in [9.17, 15) is 4.79 Å². The number of carbonyl (C=O) groups excluding carboxylic acids is 1. The minimum Gasteiger partial charge on any atom is -0.375 e. The van der Waals surface area contributed by atoms with Gasteiger partial charge >= 0.3 is 6.03 Å². The summed E-state index contributed by atoms with van der Waals surface area (Å²) in [5.41, 5.74) is 2.49. The number of aromatic nitrogens is 2. The summed E-state index contributed by atoms with van der Waals surface area (Å²) in [5, 5.41) is 10.2. The van der Waals surface area contributed by atoms with Gasteiger partial charge in [-0.05, 0) is 30.9 Å². The number of rotatable bonds is 5. The molecule has 0 bridgehead atoms. The Morgan fingerprint density at radius 2 is 2.00 bits per heavy atom. The number of nitrogens with one attached hydrogen (secondary N) is 2. The summed E-state index contributed by atoms with van der Waals surface area (Å²) in [7, 11) is 0. The van der Waals surface area contributed by atoms with E-state index in [2.05, 4.69) is 44.7 Å². The summed E-state index contributed by atoms with van der Waals surface area (Å²) in [5.74, 6) is 0.471. The number of ether oxygens (including phenoxy) is 1. The molecular formula is C22H31N5O2. The number of hydrogen-bond donors (Lipinski definition) is 2. The Morgan fingerprint density at radius 3 is 2.76 bits per heavy atom. The Balaban J connectivity index is 1.22. The molecule has 2 amide bonds. The highest BCUT2D eigenvalue weighted by Gasteiger charge is 2.25. The van der Waals surface area contributed by atoms with Gasteiger partial charge in [0.25, 0.3) is 0 Å². The summed E-state index contributed by atoms with van der Waals surface area (Å²) >= 11 is 0. The van der Waals surface area contributed by atoms with Crippen LogP contribution in [0.1, 0.15) is 36.4 Å². The highest BCUT2D eigenvalue weighted by atomic mass is 16.5. The largest absolute Gasteiger partial charge is 0.375 e. The summed E-state index contributed by atoms with van der Waals surface area (Å²) in [6.45, 7) is 5.67. The molecular weight excluding hydrogens is 366 g/mol. The molecule has 2 aromatic rings. The second-order valence-electron chi connectivity index (χ2n) is 8.03. The van der Waals surface area contributed by atoms with Gasteiger partial charge in [0.15, 0.2) is 0 Å². The van der Waals surface area contributed by atoms with Crippen LogP contribution in [0.4, 0.5) is 4.79 Å². The zero-order chi connectivity index (χ0) is 19.9. The van der Waals surface area contributed by atoms with E-state index in [0.29, 0.717) is 12.5 Å². The average Bonchev–Trinajstić information content (AvgIpc) is 3.21. The number of nitrogens with zero attached hydrogens (tertiary/aromatic N) is 3. The first-order valence-electron chi connectivity index (χ1n) is 10.7. The van der Waals surface area contributed by atoms with Crippen LogP contribution in [0.15, 0.2) is 42.6 Å². The van der Waals surface area contributed by atoms with Gasteiger partial charge in [0, 0.05) is 63.7 Å². The molecule has 1 aromatic heterocycles. The summed E-state index contributed by atoms with van der Waals surface area (Å²) in [6, 6.07) is 12.6. The predicted octanol–water partition coefficient (Wildman–Crippen LogP) is 2.59. The summed E-state index contributed by atoms with van der Waals surface area (Å²) in [6.07, 6.45) is 4.80. The fourth-order valence-electron chi connectivity index (χ4n) is 4.28. The normalized spacial score (nSPS) is 21.7. The van der Waals surface area contributed by atoms with Crippen LogP contribution < -0.4 is 5.32 Å². The van der Waals surface area contributed by atoms with Crippen LogP contribution in [0.25, 0.3) is 0 Å². The van der Waals surface area contributed by atoms with Crippen molar-refractivity contribution in [3.05, 3.63) is 53.9 Å². The van der Waals surface area contributed by atoms with E-state index in [0.717, 1.165) is 58.6 Å². The van der Waals surface area contributed by atoms with Gasteiger partial charge in [0.2, 0.25) is 0 Å². The minimum atomic E-state index is 0.0236. The molecule has 0 aliphatic carbocycles. The van der Waals surface area contributed by atoms with Gasteiger partial charge in [0.1, 0.15) is 0 Å². The summed E-state index contributed by atoms with van der Waals surface area (Å²) < 4.78 is 5.99. The van der Waals surface area contributed by atoms with E-state index in [4.69, 9.17) is 4.74 Å². The van der Waals surface area contributed by atoms with Gasteiger partial charge in [-0.1, -0.05) is 30.3 Å². The zero-order valence-corrected chi connectivity index (χ0v) is 16.9. The fraction of sp³-hybridized carbons (Fsp3) is 0.545. The molecule has 2 aliphatic rings. The maximum atomic E-state index is 12.6. The molecule has 0 saturated carbocycles. The predicted molar refractivity (Wildman–Crippen MR) is 112 cm³/mol. The SMILES string of the molecule is O=C(NC[C@H]1CN(Cc2ccccc2)CCCO1)N1CCC(c2ccn[nH]2)CC1. The van der Waals surface area contributed by atoms with Gasteiger partial charge in [0.05, 0.1) is 6.10 Å². The average molecular weight is 398 g/mol. The topological polar surface area (TPSA) is 73.5 Å². The molecule has 1 atom stereocenters. The van der Waals surface area contributed by atoms with Crippen molar-refractivity contribution in [3.63, 3.8) is 0 Å². The van der Waals surface area contributed by atoms with Crippen molar-refractivity contribution >= 4 is 6.03 Å². The molecule has 156 valence electrons. The third-order valence-electron chi connectivity index (χ3n) is 5.91. The van der Waals surface area contributed by atoms with Crippen molar-refractivity contribution in [1.29, 1.82) is 0 Å². The van der Waals surface area contributed by atoms with Crippen LogP contribution in [-0.2, 0) is 11.3 Å². The number of aromatic amines is 1. The first-order valence-corrected chi connectivity index (χ1v) is 10.7. The van der Waals surface area contributed by atoms with Crippen molar-refractivity contribution in [1.82, 2.24) is 25.3 Å². The number of amides is 2. The Hall–Kier alpha value is -2.38. The molecule has 0 radical (unpaired) electrons. The molecule has 2 N–H and O–H groups in total. The molecule has 2 saturated heterocycles. The first kappa shape index (κ1) is 19.9. The van der Waals surface area contributed by atoms with E-state index in [-0.39, 0.29) is 12.1 Å². The van der Waals surface area contributed by atoms with E-state index >= 15 is 0 Å². The minimum absolute atomic E-state index is 0.0236. The van der Waals surface area contributed by atoms with Crippen LogP contribution in [0.2, 0.25) is 0 Å². The lowest BCUT2D eigenvalue weighted by molar-refractivity contribution is 0.0536. The highest BCUT2D eigenvalue weighted by molar-refractivity contribution is 5.74. The Labute approximate surface area is 172 Å². The van der Waals surface area contributed by atoms with E-state index in [1.54, 1.807) is 6.20 Å². The van der Waals surface area contributed by atoms with Crippen molar-refractivity contribution in [2.24, 2.45) is 0 Å². The van der Waals surface area contributed by atoms with Gasteiger partial charge in [-0.3, -0.25) is 10.00 Å². The molecule has 0 spiro atoms. The third-order valence-corrected chi connectivity index (χ3v) is 5.91. The maximum Gasteiger partial charge on any atom is 0.317 e. The van der Waals surface area contributed by atoms with E-state index in [1.807, 2.05) is 17.0 Å². The molecule has 3 heterocycles. The van der Waals surface area contributed by atoms with E-state index < -0.39 is 0 Å². The second kappa shape index (κ2) is 9.89. The van der Waals surface area contributed by atoms with Crippen molar-refractivity contribution in [3.8, 4) is 0 Å². The van der Waals surface area contributed by atoms with E-state index in [1.165, 1.54) is 11.3 Å². The first-order chi connectivity index (χ1) is 14.3. The summed E-state index contributed by atoms with van der Waals surface area (Å²) in [4.78, 5) is 17.0. The Morgan fingerprint density at radius 1 is 1.17 bits per heavy atom. The molecule has 7 nitrogen and oxygen atoms in total. The van der Waals surface area contributed by atoms with Crippen molar-refractivity contribution in [2.45, 2.75) is 37.8 Å². The highest BCUT2D eigenvalue weighted by Crippen LogP contribution is 2.26. The molecule has 4 rings (SSSR count). The van der Waals surface area contributed by atoms with Crippen LogP contribution in [-0.4, -0.2) is 71.5 Å². The van der Waals surface area contributed by atoms with Gasteiger partial charge < -0.3 is 15.0 Å². The number of likely N-dealkylation sites (tertiary alicyclic amines) is 1. The number of carbonyl (C=O) groups is 1. The number of urea groups is 1. The number of hydrogen-bond acceptors (Lipinski definition) is 4. The number of H-pyrrole nitrogens is 1. The maximum absolute atomic E-state index is 12.6. The monoisotopic (exact) mass is 397 g/mol. The lowest BCUT2D eigenvalue weighted by Gasteiger charge is -2.32.